The summed E-state index contributed by atoms with van der Waals surface area (Å²) in [7, 11) is 0. The van der Waals surface area contributed by atoms with E-state index in [0.717, 1.165) is 25.7 Å². The third-order valence-corrected chi connectivity index (χ3v) is 3.03. The Bertz CT molecular complexity index is 346. The lowest BCUT2D eigenvalue weighted by Gasteiger charge is -2.15. The van der Waals surface area contributed by atoms with Crippen molar-refractivity contribution in [2.24, 2.45) is 0 Å². The minimum absolute atomic E-state index is 0.583. The highest BCUT2D eigenvalue weighted by molar-refractivity contribution is 5.31. The molecule has 1 aromatic heterocycles. The van der Waals surface area contributed by atoms with Crippen LogP contribution in [0.5, 0.6) is 0 Å². The Morgan fingerprint density at radius 1 is 0.857 bits per heavy atom. The monoisotopic (exact) mass is 192 g/mol. The molecule has 0 unspecified atom stereocenters. The summed E-state index contributed by atoms with van der Waals surface area (Å²) in [6.07, 6.45) is 6.06. The van der Waals surface area contributed by atoms with Gasteiger partial charge in [0.2, 0.25) is 0 Å². The quantitative estimate of drug-likeness (QED) is 0.713. The predicted molar refractivity (Wildman–Crippen MR) is 48.3 cm³/mol. The summed E-state index contributed by atoms with van der Waals surface area (Å²) in [4.78, 5) is 8.29. The van der Waals surface area contributed by atoms with E-state index < -0.39 is 11.2 Å². The fourth-order valence-electron chi connectivity index (χ4n) is 1.73. The molecule has 0 radical (unpaired) electrons. The van der Waals surface area contributed by atoms with Crippen LogP contribution >= 0.6 is 0 Å². The Labute approximate surface area is 81.6 Å². The maximum atomic E-state index is 9.96. The van der Waals surface area contributed by atoms with Crippen molar-refractivity contribution in [2.45, 2.75) is 36.9 Å². The SMILES string of the molecule is OC1(c2nccnc2C2(O)CC2)CC1. The molecule has 0 atom stereocenters. The van der Waals surface area contributed by atoms with Crippen LogP contribution in [0.1, 0.15) is 37.1 Å². The van der Waals surface area contributed by atoms with E-state index in [9.17, 15) is 10.2 Å². The summed E-state index contributed by atoms with van der Waals surface area (Å²) in [5, 5.41) is 19.9. The molecule has 0 amide bonds. The van der Waals surface area contributed by atoms with Crippen molar-refractivity contribution >= 4 is 0 Å². The largest absolute Gasteiger partial charge is 0.383 e. The average molecular weight is 192 g/mol. The van der Waals surface area contributed by atoms with Crippen LogP contribution in [0, 0.1) is 0 Å². The van der Waals surface area contributed by atoms with E-state index in [2.05, 4.69) is 9.97 Å². The van der Waals surface area contributed by atoms with Gasteiger partial charge in [0.25, 0.3) is 0 Å². The topological polar surface area (TPSA) is 66.2 Å². The predicted octanol–water partition coefficient (Wildman–Crippen LogP) is 0.439. The van der Waals surface area contributed by atoms with Crippen molar-refractivity contribution in [2.75, 3.05) is 0 Å². The lowest BCUT2D eigenvalue weighted by molar-refractivity contribution is 0.118. The summed E-state index contributed by atoms with van der Waals surface area (Å²) in [5.74, 6) is 0. The summed E-state index contributed by atoms with van der Waals surface area (Å²) >= 11 is 0. The lowest BCUT2D eigenvalue weighted by Crippen LogP contribution is -2.19. The van der Waals surface area contributed by atoms with Crippen LogP contribution in [-0.2, 0) is 11.2 Å². The van der Waals surface area contributed by atoms with Crippen molar-refractivity contribution in [1.82, 2.24) is 9.97 Å². The van der Waals surface area contributed by atoms with Gasteiger partial charge in [0.05, 0.1) is 11.4 Å². The van der Waals surface area contributed by atoms with Crippen LogP contribution in [-0.4, -0.2) is 20.2 Å². The first-order valence-electron chi connectivity index (χ1n) is 4.91. The van der Waals surface area contributed by atoms with Crippen molar-refractivity contribution in [3.63, 3.8) is 0 Å². The van der Waals surface area contributed by atoms with Crippen LogP contribution < -0.4 is 0 Å². The molecular weight excluding hydrogens is 180 g/mol. The lowest BCUT2D eigenvalue weighted by atomic mass is 10.1. The Kier molecular flexibility index (Phi) is 1.38. The van der Waals surface area contributed by atoms with Crippen molar-refractivity contribution in [3.8, 4) is 0 Å². The smallest absolute Gasteiger partial charge is 0.109 e. The van der Waals surface area contributed by atoms with Gasteiger partial charge in [0.15, 0.2) is 0 Å². The Morgan fingerprint density at radius 2 is 1.21 bits per heavy atom. The maximum Gasteiger partial charge on any atom is 0.109 e. The van der Waals surface area contributed by atoms with Gasteiger partial charge in [-0.3, -0.25) is 9.97 Å². The van der Waals surface area contributed by atoms with E-state index in [-0.39, 0.29) is 0 Å². The molecule has 2 fully saturated rings. The first kappa shape index (κ1) is 8.32. The molecule has 74 valence electrons. The highest BCUT2D eigenvalue weighted by Crippen LogP contribution is 2.52. The molecule has 0 aromatic carbocycles. The zero-order valence-electron chi connectivity index (χ0n) is 7.77. The maximum absolute atomic E-state index is 9.96. The molecule has 4 nitrogen and oxygen atoms in total. The second-order valence-electron chi connectivity index (χ2n) is 4.32. The standard InChI is InChI=1S/C10H12N2O2/c13-9(1-2-9)7-8(10(14)3-4-10)12-6-5-11-7/h5-6,13-14H,1-4H2. The highest BCUT2D eigenvalue weighted by atomic mass is 16.3. The fraction of sp³-hybridized carbons (Fsp3) is 0.600. The number of nitrogens with zero attached hydrogens (tertiary/aromatic N) is 2. The molecule has 0 saturated heterocycles. The van der Waals surface area contributed by atoms with Crippen LogP contribution in [0.4, 0.5) is 0 Å². The van der Waals surface area contributed by atoms with Gasteiger partial charge in [-0.2, -0.15) is 0 Å². The number of hydrogen-bond acceptors (Lipinski definition) is 4. The summed E-state index contributed by atoms with van der Waals surface area (Å²) < 4.78 is 0. The third-order valence-electron chi connectivity index (χ3n) is 3.03. The average Bonchev–Trinajstić information content (AvgIpc) is 3.08. The number of aromatic nitrogens is 2. The van der Waals surface area contributed by atoms with Crippen LogP contribution in [0.15, 0.2) is 12.4 Å². The van der Waals surface area contributed by atoms with Gasteiger partial charge in [-0.05, 0) is 25.7 Å². The highest BCUT2D eigenvalue weighted by Gasteiger charge is 2.52. The van der Waals surface area contributed by atoms with E-state index in [4.69, 9.17) is 0 Å². The van der Waals surface area contributed by atoms with E-state index >= 15 is 0 Å². The van der Waals surface area contributed by atoms with Gasteiger partial charge in [-0.25, -0.2) is 0 Å². The zero-order valence-corrected chi connectivity index (χ0v) is 7.77. The first-order chi connectivity index (χ1) is 6.64. The van der Waals surface area contributed by atoms with Gasteiger partial charge >= 0.3 is 0 Å². The van der Waals surface area contributed by atoms with Gasteiger partial charge < -0.3 is 10.2 Å². The Hall–Kier alpha value is -1.00. The molecule has 3 rings (SSSR count). The van der Waals surface area contributed by atoms with Gasteiger partial charge in [0.1, 0.15) is 11.2 Å². The molecular formula is C10H12N2O2. The van der Waals surface area contributed by atoms with Crippen LogP contribution in [0.3, 0.4) is 0 Å². The first-order valence-corrected chi connectivity index (χ1v) is 4.91. The molecule has 1 heterocycles. The van der Waals surface area contributed by atoms with Crippen LogP contribution in [0.2, 0.25) is 0 Å². The van der Waals surface area contributed by atoms with Crippen LogP contribution in [0.25, 0.3) is 0 Å². The molecule has 2 aliphatic carbocycles. The Balaban J connectivity index is 2.10. The van der Waals surface area contributed by atoms with E-state index in [1.807, 2.05) is 0 Å². The summed E-state index contributed by atoms with van der Waals surface area (Å²) in [5.41, 5.74) is -0.441. The molecule has 0 spiro atoms. The summed E-state index contributed by atoms with van der Waals surface area (Å²) in [6.45, 7) is 0. The number of rotatable bonds is 2. The second-order valence-corrected chi connectivity index (χ2v) is 4.32. The second kappa shape index (κ2) is 2.32. The minimum Gasteiger partial charge on any atom is -0.383 e. The molecule has 2 aliphatic rings. The molecule has 2 saturated carbocycles. The third kappa shape index (κ3) is 1.07. The fourth-order valence-corrected chi connectivity index (χ4v) is 1.73. The molecule has 0 aliphatic heterocycles. The van der Waals surface area contributed by atoms with Crippen molar-refractivity contribution in [3.05, 3.63) is 23.8 Å². The van der Waals surface area contributed by atoms with E-state index in [0.29, 0.717) is 11.4 Å². The van der Waals surface area contributed by atoms with Crippen molar-refractivity contribution < 1.29 is 10.2 Å². The van der Waals surface area contributed by atoms with Gasteiger partial charge in [-0.1, -0.05) is 0 Å². The molecule has 0 bridgehead atoms. The molecule has 1 aromatic rings. The number of hydrogen-bond donors (Lipinski definition) is 2. The van der Waals surface area contributed by atoms with E-state index in [1.54, 1.807) is 12.4 Å². The summed E-state index contributed by atoms with van der Waals surface area (Å²) in [6, 6.07) is 0. The zero-order chi connectivity index (χ0) is 9.81. The molecule has 14 heavy (non-hydrogen) atoms. The van der Waals surface area contributed by atoms with E-state index in [1.165, 1.54) is 0 Å². The molecule has 2 N–H and O–H groups in total. The Morgan fingerprint density at radius 3 is 1.50 bits per heavy atom. The minimum atomic E-state index is -0.804. The molecule has 4 heteroatoms. The van der Waals surface area contributed by atoms with Gasteiger partial charge in [-0.15, -0.1) is 0 Å². The normalized spacial score (nSPS) is 25.9. The van der Waals surface area contributed by atoms with Crippen molar-refractivity contribution in [1.29, 1.82) is 0 Å². The number of aliphatic hydroxyl groups is 2. The van der Waals surface area contributed by atoms with Gasteiger partial charge in [0, 0.05) is 12.4 Å².